The van der Waals surface area contributed by atoms with E-state index in [-0.39, 0.29) is 29.7 Å². The van der Waals surface area contributed by atoms with Crippen molar-refractivity contribution >= 4 is 23.8 Å². The van der Waals surface area contributed by atoms with Gasteiger partial charge in [-0.15, -0.1) is 0 Å². The van der Waals surface area contributed by atoms with E-state index in [4.69, 9.17) is 10.6 Å². The van der Waals surface area contributed by atoms with Crippen molar-refractivity contribution in [2.75, 3.05) is 24.3 Å². The summed E-state index contributed by atoms with van der Waals surface area (Å²) in [4.78, 5) is 47.3. The molecule has 1 fully saturated rings. The molecule has 0 radical (unpaired) electrons. The number of imidazole rings is 1. The van der Waals surface area contributed by atoms with Gasteiger partial charge in [0.05, 0.1) is 12.6 Å². The predicted molar refractivity (Wildman–Crippen MR) is 132 cm³/mol. The fourth-order valence-electron chi connectivity index (χ4n) is 4.22. The lowest BCUT2D eigenvalue weighted by Crippen LogP contribution is -2.39. The number of aryl methyl sites for hydroxylation is 1. The number of aromatic nitrogens is 3. The molecular formula is C25H28N6O5. The number of amides is 2. The van der Waals surface area contributed by atoms with Crippen LogP contribution >= 0.6 is 0 Å². The van der Waals surface area contributed by atoms with Gasteiger partial charge in [-0.05, 0) is 56.9 Å². The molecule has 4 rings (SSSR count). The van der Waals surface area contributed by atoms with Crippen LogP contribution in [-0.2, 0) is 4.74 Å². The van der Waals surface area contributed by atoms with Gasteiger partial charge in [-0.3, -0.25) is 9.69 Å². The van der Waals surface area contributed by atoms with Crippen LogP contribution in [0, 0.1) is 6.92 Å². The second-order valence-electron chi connectivity index (χ2n) is 8.50. The molecule has 2 amide bonds. The van der Waals surface area contributed by atoms with Crippen LogP contribution in [0.4, 0.5) is 10.6 Å². The van der Waals surface area contributed by atoms with Crippen LogP contribution in [0.3, 0.4) is 0 Å². The molecule has 11 nitrogen and oxygen atoms in total. The first-order chi connectivity index (χ1) is 17.3. The van der Waals surface area contributed by atoms with Crippen molar-refractivity contribution in [1.29, 1.82) is 0 Å². The van der Waals surface area contributed by atoms with Gasteiger partial charge in [0.2, 0.25) is 0 Å². The van der Waals surface area contributed by atoms with E-state index in [0.29, 0.717) is 29.9 Å². The molecule has 3 heterocycles. The van der Waals surface area contributed by atoms with E-state index in [0.717, 1.165) is 23.1 Å². The topological polar surface area (TPSA) is 153 Å². The lowest BCUT2D eigenvalue weighted by Gasteiger charge is -2.32. The molecule has 1 aliphatic rings. The summed E-state index contributed by atoms with van der Waals surface area (Å²) in [5, 5.41) is 12.4. The fraction of sp³-hybridized carbons (Fsp3) is 0.320. The normalized spacial score (nSPS) is 15.4. The van der Waals surface area contributed by atoms with Gasteiger partial charge >= 0.3 is 12.1 Å². The van der Waals surface area contributed by atoms with E-state index in [1.165, 1.54) is 4.90 Å². The maximum absolute atomic E-state index is 12.8. The number of nitrogens with zero attached hydrogens (tertiary/aromatic N) is 4. The number of esters is 1. The average Bonchev–Trinajstić information content (AvgIpc) is 3.22. The second kappa shape index (κ2) is 10.5. The Hall–Kier alpha value is -4.41. The minimum Gasteiger partial charge on any atom is -0.465 e. The number of rotatable bonds is 6. The van der Waals surface area contributed by atoms with Gasteiger partial charge in [-0.1, -0.05) is 18.2 Å². The van der Waals surface area contributed by atoms with Crippen molar-refractivity contribution in [3.63, 3.8) is 0 Å². The van der Waals surface area contributed by atoms with Crippen LogP contribution in [0.15, 0.2) is 42.6 Å². The van der Waals surface area contributed by atoms with Crippen molar-refractivity contribution in [3.8, 4) is 11.3 Å². The minimum absolute atomic E-state index is 0.0174. The van der Waals surface area contributed by atoms with Gasteiger partial charge in [-0.2, -0.15) is 0 Å². The van der Waals surface area contributed by atoms with E-state index < -0.39 is 18.1 Å². The number of nitrogens with one attached hydrogen (secondary N) is 1. The Morgan fingerprint density at radius 3 is 2.56 bits per heavy atom. The number of hydrogen-bond donors (Lipinski definition) is 3. The molecule has 0 bridgehead atoms. The molecular weight excluding hydrogens is 464 g/mol. The summed E-state index contributed by atoms with van der Waals surface area (Å²) in [5.74, 6) is 5.99. The quantitative estimate of drug-likeness (QED) is 0.348. The first kappa shape index (κ1) is 24.7. The van der Waals surface area contributed by atoms with Crippen molar-refractivity contribution in [3.05, 3.63) is 65.2 Å². The molecule has 1 aliphatic heterocycles. The van der Waals surface area contributed by atoms with Crippen LogP contribution in [0.2, 0.25) is 0 Å². The lowest BCUT2D eigenvalue weighted by molar-refractivity contribution is 0.0516. The van der Waals surface area contributed by atoms with Crippen molar-refractivity contribution in [2.24, 2.45) is 0 Å². The van der Waals surface area contributed by atoms with E-state index in [9.17, 15) is 19.5 Å². The monoisotopic (exact) mass is 492 g/mol. The number of carboxylic acid groups (broad SMARTS) is 1. The molecule has 36 heavy (non-hydrogen) atoms. The smallest absolute Gasteiger partial charge is 0.407 e. The first-order valence-electron chi connectivity index (χ1n) is 11.7. The molecule has 3 aromatic rings. The van der Waals surface area contributed by atoms with Crippen LogP contribution in [0.1, 0.15) is 64.5 Å². The SMILES string of the molecule is CCOC(=O)c1c(-c2ccc(C(=O)Nc3ccc(C)cn3)cc2)nc(C2CCCCN2C(=O)O)n1N. The number of benzene rings is 1. The van der Waals surface area contributed by atoms with Crippen molar-refractivity contribution in [1.82, 2.24) is 19.5 Å². The summed E-state index contributed by atoms with van der Waals surface area (Å²) in [6, 6.07) is 9.50. The number of carbonyl (C=O) groups excluding carboxylic acids is 2. The third kappa shape index (κ3) is 4.99. The lowest BCUT2D eigenvalue weighted by atomic mass is 10.0. The summed E-state index contributed by atoms with van der Waals surface area (Å²) in [7, 11) is 0. The summed E-state index contributed by atoms with van der Waals surface area (Å²) in [6.07, 6.45) is 2.68. The number of likely N-dealkylation sites (tertiary alicyclic amines) is 1. The maximum atomic E-state index is 12.8. The third-order valence-corrected chi connectivity index (χ3v) is 6.03. The van der Waals surface area contributed by atoms with Crippen molar-refractivity contribution < 1.29 is 24.2 Å². The minimum atomic E-state index is -1.07. The predicted octanol–water partition coefficient (Wildman–Crippen LogP) is 3.60. The molecule has 0 saturated carbocycles. The largest absolute Gasteiger partial charge is 0.465 e. The van der Waals surface area contributed by atoms with E-state index in [2.05, 4.69) is 15.3 Å². The molecule has 0 aliphatic carbocycles. The van der Waals surface area contributed by atoms with E-state index in [1.54, 1.807) is 43.5 Å². The van der Waals surface area contributed by atoms with Gasteiger partial charge < -0.3 is 21.0 Å². The Morgan fingerprint density at radius 1 is 1.17 bits per heavy atom. The Morgan fingerprint density at radius 2 is 1.92 bits per heavy atom. The molecule has 1 saturated heterocycles. The highest BCUT2D eigenvalue weighted by atomic mass is 16.5. The highest BCUT2D eigenvalue weighted by molar-refractivity contribution is 6.04. The van der Waals surface area contributed by atoms with E-state index >= 15 is 0 Å². The number of pyridine rings is 1. The number of nitrogens with two attached hydrogens (primary N) is 1. The standard InChI is InChI=1S/C25H28N6O5/c1-3-36-24(33)21-20(29-22(31(21)26)18-6-4-5-13-30(18)25(34)35)16-8-10-17(11-9-16)23(32)28-19-12-7-15(2)14-27-19/h7-12,14,18H,3-6,13,26H2,1-2H3,(H,34,35)(H,27,28,32). The summed E-state index contributed by atoms with van der Waals surface area (Å²) in [6.45, 7) is 4.08. The third-order valence-electron chi connectivity index (χ3n) is 6.03. The highest BCUT2D eigenvalue weighted by Crippen LogP contribution is 2.34. The fourth-order valence-corrected chi connectivity index (χ4v) is 4.22. The molecule has 0 spiro atoms. The Labute approximate surface area is 207 Å². The average molecular weight is 493 g/mol. The number of ether oxygens (including phenoxy) is 1. The Bertz CT molecular complexity index is 1270. The number of nitrogen functional groups attached to an aromatic ring is 1. The van der Waals surface area contributed by atoms with Gasteiger partial charge in [0.25, 0.3) is 5.91 Å². The molecule has 2 aromatic heterocycles. The summed E-state index contributed by atoms with van der Waals surface area (Å²) >= 11 is 0. The zero-order valence-corrected chi connectivity index (χ0v) is 20.1. The van der Waals surface area contributed by atoms with Gasteiger partial charge in [0.1, 0.15) is 11.5 Å². The number of anilines is 1. The Balaban J connectivity index is 1.67. The van der Waals surface area contributed by atoms with Gasteiger partial charge in [0, 0.05) is 23.9 Å². The molecule has 1 atom stereocenters. The van der Waals surface area contributed by atoms with E-state index in [1.807, 2.05) is 13.0 Å². The number of hydrogen-bond acceptors (Lipinski definition) is 7. The van der Waals surface area contributed by atoms with Crippen molar-refractivity contribution in [2.45, 2.75) is 39.2 Å². The molecule has 1 unspecified atom stereocenters. The Kier molecular flexibility index (Phi) is 7.18. The molecule has 1 aromatic carbocycles. The van der Waals surface area contributed by atoms with Crippen LogP contribution in [-0.4, -0.2) is 55.8 Å². The second-order valence-corrected chi connectivity index (χ2v) is 8.50. The number of carbonyl (C=O) groups is 3. The summed E-state index contributed by atoms with van der Waals surface area (Å²) < 4.78 is 6.33. The van der Waals surface area contributed by atoms with Crippen LogP contribution in [0.25, 0.3) is 11.3 Å². The van der Waals surface area contributed by atoms with Gasteiger partial charge in [-0.25, -0.2) is 24.2 Å². The summed E-state index contributed by atoms with van der Waals surface area (Å²) in [5.41, 5.74) is 2.17. The van der Waals surface area contributed by atoms with Gasteiger partial charge in [0.15, 0.2) is 11.5 Å². The van der Waals surface area contributed by atoms with Crippen LogP contribution < -0.4 is 11.2 Å². The zero-order chi connectivity index (χ0) is 25.8. The first-order valence-corrected chi connectivity index (χ1v) is 11.7. The molecule has 11 heteroatoms. The number of piperidine rings is 1. The highest BCUT2D eigenvalue weighted by Gasteiger charge is 2.34. The molecule has 4 N–H and O–H groups in total. The van der Waals surface area contributed by atoms with Crippen LogP contribution in [0.5, 0.6) is 0 Å². The zero-order valence-electron chi connectivity index (χ0n) is 20.1. The molecule has 188 valence electrons. The maximum Gasteiger partial charge on any atom is 0.407 e.